The molecule has 0 fully saturated rings. The second kappa shape index (κ2) is 9.89. The first-order valence-corrected chi connectivity index (χ1v) is 9.53. The molecule has 2 aromatic rings. The molecular weight excluding hydrogens is 424 g/mol. The van der Waals surface area contributed by atoms with E-state index < -0.39 is 0 Å². The molecule has 0 saturated carbocycles. The van der Waals surface area contributed by atoms with Crippen LogP contribution in [0.5, 0.6) is 0 Å². The molecule has 3 N–H and O–H groups in total. The van der Waals surface area contributed by atoms with Crippen molar-refractivity contribution in [2.75, 3.05) is 24.2 Å². The van der Waals surface area contributed by atoms with Gasteiger partial charge in [-0.25, -0.2) is 4.79 Å². The maximum Gasteiger partial charge on any atom is 0.319 e. The highest BCUT2D eigenvalue weighted by atomic mass is 79.9. The van der Waals surface area contributed by atoms with E-state index in [-0.39, 0.29) is 30.4 Å². The Kier molecular flexibility index (Phi) is 7.57. The van der Waals surface area contributed by atoms with Gasteiger partial charge in [-0.05, 0) is 66.2 Å². The van der Waals surface area contributed by atoms with Gasteiger partial charge in [0.05, 0.1) is 12.2 Å². The first-order chi connectivity index (χ1) is 13.3. The second-order valence-corrected chi connectivity index (χ2v) is 7.37. The summed E-state index contributed by atoms with van der Waals surface area (Å²) in [5.74, 6) is -0.591. The van der Waals surface area contributed by atoms with Crippen LogP contribution in [0.4, 0.5) is 16.2 Å². The molecule has 0 aliphatic carbocycles. The molecule has 0 unspecified atom stereocenters. The van der Waals surface area contributed by atoms with E-state index in [2.05, 4.69) is 31.9 Å². The number of amides is 4. The highest BCUT2D eigenvalue weighted by Gasteiger charge is 2.16. The molecule has 0 aliphatic rings. The van der Waals surface area contributed by atoms with Crippen molar-refractivity contribution in [3.63, 3.8) is 0 Å². The molecule has 0 heterocycles. The van der Waals surface area contributed by atoms with Crippen molar-refractivity contribution in [1.29, 1.82) is 0 Å². The zero-order valence-electron chi connectivity index (χ0n) is 16.0. The normalized spacial score (nSPS) is 10.3. The third kappa shape index (κ3) is 6.38. The van der Waals surface area contributed by atoms with E-state index in [1.165, 1.54) is 4.90 Å². The molecule has 0 spiro atoms. The molecule has 4 amide bonds. The topological polar surface area (TPSA) is 90.5 Å². The number of carbonyl (C=O) groups excluding carboxylic acids is 3. The average molecular weight is 447 g/mol. The van der Waals surface area contributed by atoms with Gasteiger partial charge < -0.3 is 20.9 Å². The number of hydrogen-bond acceptors (Lipinski definition) is 3. The predicted octanol–water partition coefficient (Wildman–Crippen LogP) is 3.69. The van der Waals surface area contributed by atoms with Gasteiger partial charge in [-0.15, -0.1) is 0 Å². The van der Waals surface area contributed by atoms with E-state index in [1.807, 2.05) is 32.0 Å². The summed E-state index contributed by atoms with van der Waals surface area (Å²) in [5.41, 5.74) is 1.64. The van der Waals surface area contributed by atoms with Crippen molar-refractivity contribution in [3.8, 4) is 0 Å². The Morgan fingerprint density at radius 3 is 2.25 bits per heavy atom. The number of nitrogens with zero attached hydrogens (tertiary/aromatic N) is 1. The lowest BCUT2D eigenvalue weighted by atomic mass is 10.2. The fourth-order valence-electron chi connectivity index (χ4n) is 2.39. The number of para-hydroxylation sites is 1. The Bertz CT molecular complexity index is 853. The van der Waals surface area contributed by atoms with Gasteiger partial charge in [0.2, 0.25) is 5.91 Å². The van der Waals surface area contributed by atoms with Crippen molar-refractivity contribution in [2.45, 2.75) is 19.9 Å². The van der Waals surface area contributed by atoms with Crippen molar-refractivity contribution < 1.29 is 14.4 Å². The molecular formula is C20H23BrN4O3. The van der Waals surface area contributed by atoms with Gasteiger partial charge in [0.15, 0.2) is 0 Å². The van der Waals surface area contributed by atoms with Gasteiger partial charge in [0.25, 0.3) is 5.91 Å². The SMILES string of the molecule is CC(C)NC(=O)Nc1ccc(C(=O)N(C)CC(=O)Nc2ccccc2Br)cc1. The molecule has 148 valence electrons. The molecule has 0 aromatic heterocycles. The first-order valence-electron chi connectivity index (χ1n) is 8.73. The summed E-state index contributed by atoms with van der Waals surface area (Å²) in [7, 11) is 1.56. The molecule has 0 aliphatic heterocycles. The Morgan fingerprint density at radius 2 is 1.64 bits per heavy atom. The third-order valence-electron chi connectivity index (χ3n) is 3.68. The zero-order valence-corrected chi connectivity index (χ0v) is 17.5. The Labute approximate surface area is 172 Å². The van der Waals surface area contributed by atoms with Gasteiger partial charge in [0.1, 0.15) is 0 Å². The molecule has 2 aromatic carbocycles. The number of anilines is 2. The highest BCUT2D eigenvalue weighted by molar-refractivity contribution is 9.10. The van der Waals surface area contributed by atoms with Crippen LogP contribution in [-0.2, 0) is 4.79 Å². The predicted molar refractivity (Wildman–Crippen MR) is 113 cm³/mol. The van der Waals surface area contributed by atoms with Crippen LogP contribution in [0.1, 0.15) is 24.2 Å². The standard InChI is InChI=1S/C20H23BrN4O3/c1-13(2)22-20(28)23-15-10-8-14(9-11-15)19(27)25(3)12-18(26)24-17-7-5-4-6-16(17)21/h4-11,13H,12H2,1-3H3,(H,24,26)(H2,22,23,28). The monoisotopic (exact) mass is 446 g/mol. The number of likely N-dealkylation sites (N-methyl/N-ethyl adjacent to an activating group) is 1. The fraction of sp³-hybridized carbons (Fsp3) is 0.250. The first kappa shape index (κ1) is 21.4. The van der Waals surface area contributed by atoms with Gasteiger partial charge in [-0.2, -0.15) is 0 Å². The van der Waals surface area contributed by atoms with Crippen LogP contribution in [0, 0.1) is 0 Å². The molecule has 0 radical (unpaired) electrons. The Hall–Kier alpha value is -2.87. The summed E-state index contributed by atoms with van der Waals surface area (Å²) in [6, 6.07) is 13.5. The van der Waals surface area contributed by atoms with E-state index in [9.17, 15) is 14.4 Å². The number of carbonyl (C=O) groups is 3. The van der Waals surface area contributed by atoms with Gasteiger partial charge in [-0.1, -0.05) is 12.1 Å². The van der Waals surface area contributed by atoms with Crippen LogP contribution in [0.15, 0.2) is 53.0 Å². The molecule has 7 nitrogen and oxygen atoms in total. The summed E-state index contributed by atoms with van der Waals surface area (Å²) >= 11 is 3.36. The quantitative estimate of drug-likeness (QED) is 0.631. The number of nitrogens with one attached hydrogen (secondary N) is 3. The minimum Gasteiger partial charge on any atom is -0.336 e. The molecule has 0 atom stereocenters. The molecule has 8 heteroatoms. The molecule has 28 heavy (non-hydrogen) atoms. The largest absolute Gasteiger partial charge is 0.336 e. The van der Waals surface area contributed by atoms with Crippen LogP contribution in [0.25, 0.3) is 0 Å². The summed E-state index contributed by atoms with van der Waals surface area (Å²) in [4.78, 5) is 37.7. The Balaban J connectivity index is 1.92. The number of rotatable bonds is 6. The number of benzene rings is 2. The van der Waals surface area contributed by atoms with E-state index in [0.717, 1.165) is 4.47 Å². The maximum absolute atomic E-state index is 12.5. The zero-order chi connectivity index (χ0) is 20.7. The fourth-order valence-corrected chi connectivity index (χ4v) is 2.77. The smallest absolute Gasteiger partial charge is 0.319 e. The Morgan fingerprint density at radius 1 is 1.00 bits per heavy atom. The minimum absolute atomic E-state index is 0.0251. The second-order valence-electron chi connectivity index (χ2n) is 6.52. The lowest BCUT2D eigenvalue weighted by molar-refractivity contribution is -0.116. The highest BCUT2D eigenvalue weighted by Crippen LogP contribution is 2.21. The molecule has 0 bridgehead atoms. The van der Waals surface area contributed by atoms with E-state index in [0.29, 0.717) is 16.9 Å². The summed E-state index contributed by atoms with van der Waals surface area (Å²) in [6.45, 7) is 3.64. The van der Waals surface area contributed by atoms with Gasteiger partial charge in [0, 0.05) is 28.8 Å². The van der Waals surface area contributed by atoms with Crippen LogP contribution < -0.4 is 16.0 Å². The molecule has 0 saturated heterocycles. The van der Waals surface area contributed by atoms with Gasteiger partial charge in [-0.3, -0.25) is 9.59 Å². The average Bonchev–Trinajstić information content (AvgIpc) is 2.63. The van der Waals surface area contributed by atoms with Crippen molar-refractivity contribution in [1.82, 2.24) is 10.2 Å². The maximum atomic E-state index is 12.5. The minimum atomic E-state index is -0.310. The van der Waals surface area contributed by atoms with Crippen LogP contribution >= 0.6 is 15.9 Å². The van der Waals surface area contributed by atoms with E-state index in [4.69, 9.17) is 0 Å². The number of halogens is 1. The summed E-state index contributed by atoms with van der Waals surface area (Å²) < 4.78 is 0.766. The number of urea groups is 1. The molecule has 2 rings (SSSR count). The lowest BCUT2D eigenvalue weighted by Gasteiger charge is -2.17. The van der Waals surface area contributed by atoms with Crippen molar-refractivity contribution >= 4 is 45.2 Å². The van der Waals surface area contributed by atoms with E-state index >= 15 is 0 Å². The van der Waals surface area contributed by atoms with Crippen molar-refractivity contribution in [3.05, 3.63) is 58.6 Å². The number of hydrogen-bond donors (Lipinski definition) is 3. The summed E-state index contributed by atoms with van der Waals surface area (Å²) in [6.07, 6.45) is 0. The van der Waals surface area contributed by atoms with Crippen LogP contribution in [-0.4, -0.2) is 42.4 Å². The third-order valence-corrected chi connectivity index (χ3v) is 4.38. The summed E-state index contributed by atoms with van der Waals surface area (Å²) in [5, 5.41) is 8.17. The van der Waals surface area contributed by atoms with Crippen LogP contribution in [0.3, 0.4) is 0 Å². The van der Waals surface area contributed by atoms with Crippen LogP contribution in [0.2, 0.25) is 0 Å². The van der Waals surface area contributed by atoms with E-state index in [1.54, 1.807) is 37.4 Å². The van der Waals surface area contributed by atoms with Crippen molar-refractivity contribution in [2.24, 2.45) is 0 Å². The lowest BCUT2D eigenvalue weighted by Crippen LogP contribution is -2.35. The van der Waals surface area contributed by atoms with Gasteiger partial charge >= 0.3 is 6.03 Å².